The molecule has 0 unspecified atom stereocenters. The van der Waals surface area contributed by atoms with Crippen LogP contribution in [0.2, 0.25) is 0 Å². The van der Waals surface area contributed by atoms with E-state index in [1.807, 2.05) is 27.6 Å². The van der Waals surface area contributed by atoms with Gasteiger partial charge in [-0.15, -0.1) is 0 Å². The minimum Gasteiger partial charge on any atom is -0.360 e. The lowest BCUT2D eigenvalue weighted by molar-refractivity contribution is 0.0899. The number of ether oxygens (including phenoxy) is 1. The van der Waals surface area contributed by atoms with Crippen molar-refractivity contribution in [3.05, 3.63) is 67.1 Å². The van der Waals surface area contributed by atoms with Crippen LogP contribution in [0, 0.1) is 5.82 Å². The maximum atomic E-state index is 13.6. The average Bonchev–Trinajstić information content (AvgIpc) is 3.45. The van der Waals surface area contributed by atoms with Crippen LogP contribution in [-0.4, -0.2) is 42.9 Å². The summed E-state index contributed by atoms with van der Waals surface area (Å²) in [5, 5.41) is 4.93. The molecule has 166 valence electrons. The van der Waals surface area contributed by atoms with Crippen molar-refractivity contribution in [1.29, 1.82) is 0 Å². The first kappa shape index (κ1) is 20.9. The number of aryl methyl sites for hydroxylation is 1. The fourth-order valence-corrected chi connectivity index (χ4v) is 3.77. The number of imidazole rings is 1. The summed E-state index contributed by atoms with van der Waals surface area (Å²) in [4.78, 5) is 8.83. The van der Waals surface area contributed by atoms with E-state index < -0.39 is 0 Å². The van der Waals surface area contributed by atoms with Crippen LogP contribution in [0.3, 0.4) is 0 Å². The van der Waals surface area contributed by atoms with Gasteiger partial charge in [-0.3, -0.25) is 9.67 Å². The van der Waals surface area contributed by atoms with E-state index in [4.69, 9.17) is 11.2 Å². The zero-order valence-corrected chi connectivity index (χ0v) is 18.8. The standard InChI is InChI=1S/C24H26FN5OS/c1-3-12-30-24(21-15-29(16-27-21)17-31-13-14-32-2)22(18-8-10-26-11-9-18)23(28-30)19-4-6-20(25)7-5-19/h4-11,15-16H,3,12-14,17H2,1-2H3/i2T. The average molecular weight is 454 g/mol. The van der Waals surface area contributed by atoms with E-state index in [1.54, 1.807) is 30.9 Å². The van der Waals surface area contributed by atoms with Crippen molar-refractivity contribution in [3.8, 4) is 33.8 Å². The number of rotatable bonds is 10. The molecule has 0 aliphatic heterocycles. The van der Waals surface area contributed by atoms with Gasteiger partial charge in [0.2, 0.25) is 0 Å². The minimum atomic E-state index is -0.280. The number of pyridine rings is 1. The highest BCUT2D eigenvalue weighted by Crippen LogP contribution is 2.39. The Balaban J connectivity index is 1.76. The number of hydrogen-bond acceptors (Lipinski definition) is 5. The van der Waals surface area contributed by atoms with Gasteiger partial charge in [0.05, 0.1) is 18.6 Å². The lowest BCUT2D eigenvalue weighted by atomic mass is 9.98. The molecular formula is C24H26FN5OS. The molecule has 3 aromatic heterocycles. The molecular weight excluding hydrogens is 425 g/mol. The third-order valence-corrected chi connectivity index (χ3v) is 5.42. The van der Waals surface area contributed by atoms with Crippen molar-refractivity contribution >= 4 is 11.8 Å². The SMILES string of the molecule is [3H]CSCCOCn1cnc(-c2c(-c3ccncc3)c(-c3ccc(F)cc3)nn2CCC)c1. The molecule has 0 saturated heterocycles. The van der Waals surface area contributed by atoms with Gasteiger partial charge >= 0.3 is 0 Å². The van der Waals surface area contributed by atoms with Gasteiger partial charge in [-0.2, -0.15) is 16.9 Å². The number of thioether (sulfide) groups is 1. The van der Waals surface area contributed by atoms with Gasteiger partial charge in [-0.25, -0.2) is 9.37 Å². The lowest BCUT2D eigenvalue weighted by Crippen LogP contribution is -2.03. The molecule has 0 fully saturated rings. The van der Waals surface area contributed by atoms with E-state index in [9.17, 15) is 4.39 Å². The van der Waals surface area contributed by atoms with Crippen LogP contribution in [-0.2, 0) is 18.0 Å². The number of aromatic nitrogens is 5. The second kappa shape index (κ2) is 10.6. The number of benzene rings is 1. The van der Waals surface area contributed by atoms with E-state index in [0.29, 0.717) is 19.6 Å². The summed E-state index contributed by atoms with van der Waals surface area (Å²) in [6.07, 6.45) is 8.47. The Hall–Kier alpha value is -2.97. The predicted octanol–water partition coefficient (Wildman–Crippen LogP) is 5.36. The Morgan fingerprint density at radius 3 is 2.69 bits per heavy atom. The molecule has 8 heteroatoms. The second-order valence-corrected chi connectivity index (χ2v) is 8.07. The van der Waals surface area contributed by atoms with E-state index in [0.717, 1.165) is 52.5 Å². The molecule has 0 amide bonds. The van der Waals surface area contributed by atoms with Crippen LogP contribution in [0.4, 0.5) is 4.39 Å². The van der Waals surface area contributed by atoms with Crippen molar-refractivity contribution < 1.29 is 10.5 Å². The monoisotopic (exact) mass is 453 g/mol. The van der Waals surface area contributed by atoms with Gasteiger partial charge < -0.3 is 9.30 Å². The molecule has 4 rings (SSSR count). The predicted molar refractivity (Wildman–Crippen MR) is 127 cm³/mol. The molecule has 0 bridgehead atoms. The molecule has 0 atom stereocenters. The van der Waals surface area contributed by atoms with Crippen molar-refractivity contribution in [3.63, 3.8) is 0 Å². The van der Waals surface area contributed by atoms with Crippen LogP contribution >= 0.6 is 11.8 Å². The van der Waals surface area contributed by atoms with Gasteiger partial charge in [-0.05, 0) is 54.6 Å². The smallest absolute Gasteiger partial charge is 0.123 e. The first-order valence-corrected chi connectivity index (χ1v) is 11.6. The van der Waals surface area contributed by atoms with Gasteiger partial charge in [-0.1, -0.05) is 6.92 Å². The fraction of sp³-hybridized carbons (Fsp3) is 0.292. The first-order chi connectivity index (χ1) is 16.2. The van der Waals surface area contributed by atoms with Crippen molar-refractivity contribution in [1.82, 2.24) is 24.3 Å². The minimum absolute atomic E-state index is 0.280. The first-order valence-electron chi connectivity index (χ1n) is 11.2. The number of nitrogens with zero attached hydrogens (tertiary/aromatic N) is 5. The molecule has 4 aromatic rings. The Morgan fingerprint density at radius 2 is 1.94 bits per heavy atom. The summed E-state index contributed by atoms with van der Waals surface area (Å²) < 4.78 is 30.4. The highest BCUT2D eigenvalue weighted by atomic mass is 32.2. The molecule has 32 heavy (non-hydrogen) atoms. The molecule has 0 saturated carbocycles. The Kier molecular flexibility index (Phi) is 6.90. The molecule has 0 radical (unpaired) electrons. The van der Waals surface area contributed by atoms with Crippen molar-refractivity contribution in [2.45, 2.75) is 26.6 Å². The summed E-state index contributed by atoms with van der Waals surface area (Å²) >= 11 is 1.53. The maximum Gasteiger partial charge on any atom is 0.123 e. The van der Waals surface area contributed by atoms with Crippen LogP contribution in [0.15, 0.2) is 61.3 Å². The molecule has 0 N–H and O–H groups in total. The largest absolute Gasteiger partial charge is 0.360 e. The van der Waals surface area contributed by atoms with Crippen molar-refractivity contribution in [2.24, 2.45) is 0 Å². The van der Waals surface area contributed by atoms with E-state index >= 15 is 0 Å². The second-order valence-electron chi connectivity index (χ2n) is 7.26. The third kappa shape index (κ3) is 4.92. The fourth-order valence-electron chi connectivity index (χ4n) is 3.54. The van der Waals surface area contributed by atoms with Gasteiger partial charge in [0.25, 0.3) is 0 Å². The molecule has 0 aliphatic carbocycles. The Bertz CT molecular complexity index is 1160. The van der Waals surface area contributed by atoms with Crippen LogP contribution in [0.25, 0.3) is 33.8 Å². The van der Waals surface area contributed by atoms with Crippen molar-refractivity contribution in [2.75, 3.05) is 18.6 Å². The van der Waals surface area contributed by atoms with E-state index in [2.05, 4.69) is 16.9 Å². The van der Waals surface area contributed by atoms with Gasteiger partial charge in [0, 0.05) is 43.4 Å². The van der Waals surface area contributed by atoms with Crippen LogP contribution < -0.4 is 0 Å². The topological polar surface area (TPSA) is 57.8 Å². The molecule has 1 aromatic carbocycles. The van der Waals surface area contributed by atoms with Gasteiger partial charge in [0.1, 0.15) is 23.9 Å². The summed E-state index contributed by atoms with van der Waals surface area (Å²) in [6.45, 7) is 3.81. The lowest BCUT2D eigenvalue weighted by Gasteiger charge is -2.08. The third-order valence-electron chi connectivity index (χ3n) is 4.96. The van der Waals surface area contributed by atoms with E-state index in [-0.39, 0.29) is 5.82 Å². The summed E-state index contributed by atoms with van der Waals surface area (Å²) in [5.74, 6) is 0.513. The Morgan fingerprint density at radius 1 is 1.12 bits per heavy atom. The van der Waals surface area contributed by atoms with E-state index in [1.165, 1.54) is 23.9 Å². The number of halogens is 1. The summed E-state index contributed by atoms with van der Waals surface area (Å²) in [7, 11) is 0. The molecule has 0 aliphatic rings. The highest BCUT2D eigenvalue weighted by Gasteiger charge is 2.23. The quantitative estimate of drug-likeness (QED) is 0.303. The maximum absolute atomic E-state index is 13.6. The van der Waals surface area contributed by atoms with Crippen LogP contribution in [0.5, 0.6) is 0 Å². The zero-order valence-electron chi connectivity index (χ0n) is 18.9. The Labute approximate surface area is 192 Å². The molecule has 3 heterocycles. The highest BCUT2D eigenvalue weighted by molar-refractivity contribution is 7.98. The zero-order chi connectivity index (χ0) is 23.0. The summed E-state index contributed by atoms with van der Waals surface area (Å²) in [6, 6.07) is 10.3. The normalized spacial score (nSPS) is 11.6. The number of hydrogen-bond donors (Lipinski definition) is 0. The van der Waals surface area contributed by atoms with Crippen LogP contribution in [0.1, 0.15) is 14.7 Å². The summed E-state index contributed by atoms with van der Waals surface area (Å²) in [5.41, 5.74) is 5.23. The molecule has 0 spiro atoms. The molecule has 6 nitrogen and oxygen atoms in total. The van der Waals surface area contributed by atoms with Gasteiger partial charge in [0.15, 0.2) is 0 Å².